The molecule has 0 saturated carbocycles. The van der Waals surface area contributed by atoms with Gasteiger partial charge in [-0.3, -0.25) is 0 Å². The Hall–Kier alpha value is -2.12. The van der Waals surface area contributed by atoms with Crippen molar-refractivity contribution in [2.24, 2.45) is 0 Å². The molecular formula is C18H24N2O4S. The first-order valence-electron chi connectivity index (χ1n) is 8.24. The fourth-order valence-corrected chi connectivity index (χ4v) is 2.76. The van der Waals surface area contributed by atoms with Crippen LogP contribution in [0.3, 0.4) is 0 Å². The number of ether oxygens (including phenoxy) is 3. The molecule has 0 aromatic heterocycles. The Morgan fingerprint density at radius 3 is 2.56 bits per heavy atom. The SMILES string of the molecule is CCCOc1ccc([C@H]2NC(=S)NC(C)=C2C(=O)OCCOC)cc1. The van der Waals surface area contributed by atoms with Crippen LogP contribution in [0.25, 0.3) is 0 Å². The molecule has 6 nitrogen and oxygen atoms in total. The van der Waals surface area contributed by atoms with Gasteiger partial charge in [-0.15, -0.1) is 0 Å². The fourth-order valence-electron chi connectivity index (χ4n) is 2.49. The van der Waals surface area contributed by atoms with Gasteiger partial charge < -0.3 is 24.8 Å². The van der Waals surface area contributed by atoms with Crippen LogP contribution in [0.5, 0.6) is 5.75 Å². The first kappa shape index (κ1) is 19.2. The Labute approximate surface area is 153 Å². The van der Waals surface area contributed by atoms with Gasteiger partial charge in [-0.05, 0) is 43.3 Å². The number of carbonyl (C=O) groups is 1. The third kappa shape index (κ3) is 5.17. The molecule has 7 heteroatoms. The summed E-state index contributed by atoms with van der Waals surface area (Å²) in [5, 5.41) is 6.59. The number of hydrogen-bond donors (Lipinski definition) is 2. The Morgan fingerprint density at radius 2 is 1.92 bits per heavy atom. The Bertz CT molecular complexity index is 643. The van der Waals surface area contributed by atoms with E-state index < -0.39 is 5.97 Å². The normalized spacial score (nSPS) is 16.9. The highest BCUT2D eigenvalue weighted by atomic mass is 32.1. The van der Waals surface area contributed by atoms with Crippen LogP contribution in [-0.4, -0.2) is 38.0 Å². The van der Waals surface area contributed by atoms with Crippen LogP contribution >= 0.6 is 12.2 Å². The van der Waals surface area contributed by atoms with Gasteiger partial charge in [0.05, 0.1) is 24.8 Å². The average Bonchev–Trinajstić information content (AvgIpc) is 2.59. The van der Waals surface area contributed by atoms with Crippen LogP contribution in [0.1, 0.15) is 31.9 Å². The van der Waals surface area contributed by atoms with Crippen molar-refractivity contribution in [2.45, 2.75) is 26.3 Å². The molecule has 136 valence electrons. The lowest BCUT2D eigenvalue weighted by molar-refractivity contribution is -0.140. The van der Waals surface area contributed by atoms with Crippen molar-refractivity contribution in [1.82, 2.24) is 10.6 Å². The molecule has 1 aliphatic rings. The summed E-state index contributed by atoms with van der Waals surface area (Å²) in [6.45, 7) is 5.10. The minimum absolute atomic E-state index is 0.201. The van der Waals surface area contributed by atoms with Crippen molar-refractivity contribution in [1.29, 1.82) is 0 Å². The van der Waals surface area contributed by atoms with Crippen molar-refractivity contribution in [3.05, 3.63) is 41.1 Å². The Kier molecular flexibility index (Phi) is 7.21. The summed E-state index contributed by atoms with van der Waals surface area (Å²) in [7, 11) is 1.56. The van der Waals surface area contributed by atoms with E-state index in [9.17, 15) is 4.79 Å². The lowest BCUT2D eigenvalue weighted by Crippen LogP contribution is -2.45. The fraction of sp³-hybridized carbons (Fsp3) is 0.444. The molecule has 1 aromatic rings. The number of nitrogens with one attached hydrogen (secondary N) is 2. The number of methoxy groups -OCH3 is 1. The second-order valence-electron chi connectivity index (χ2n) is 5.62. The monoisotopic (exact) mass is 364 g/mol. The average molecular weight is 364 g/mol. The highest BCUT2D eigenvalue weighted by molar-refractivity contribution is 7.80. The van der Waals surface area contributed by atoms with Crippen LogP contribution in [0, 0.1) is 0 Å². The Morgan fingerprint density at radius 1 is 1.20 bits per heavy atom. The number of allylic oxidation sites excluding steroid dienone is 1. The predicted octanol–water partition coefficient (Wildman–Crippen LogP) is 2.46. The number of benzene rings is 1. The summed E-state index contributed by atoms with van der Waals surface area (Å²) >= 11 is 5.24. The number of carbonyl (C=O) groups excluding carboxylic acids is 1. The molecule has 0 bridgehead atoms. The second kappa shape index (κ2) is 9.39. The molecule has 2 rings (SSSR count). The third-order valence-electron chi connectivity index (χ3n) is 3.70. The van der Waals surface area contributed by atoms with E-state index in [1.165, 1.54) is 0 Å². The molecule has 0 aliphatic carbocycles. The zero-order valence-corrected chi connectivity index (χ0v) is 15.6. The number of rotatable bonds is 8. The van der Waals surface area contributed by atoms with Gasteiger partial charge in [0.25, 0.3) is 0 Å². The van der Waals surface area contributed by atoms with Gasteiger partial charge in [0.2, 0.25) is 0 Å². The number of hydrogen-bond acceptors (Lipinski definition) is 5. The molecule has 0 amide bonds. The minimum atomic E-state index is -0.395. The third-order valence-corrected chi connectivity index (χ3v) is 3.92. The summed E-state index contributed by atoms with van der Waals surface area (Å²) in [5.41, 5.74) is 2.10. The van der Waals surface area contributed by atoms with Gasteiger partial charge in [0, 0.05) is 12.8 Å². The van der Waals surface area contributed by atoms with Gasteiger partial charge >= 0.3 is 5.97 Å². The summed E-state index contributed by atoms with van der Waals surface area (Å²) in [6, 6.07) is 7.25. The van der Waals surface area contributed by atoms with E-state index in [-0.39, 0.29) is 12.6 Å². The quantitative estimate of drug-likeness (QED) is 0.417. The molecule has 1 aromatic carbocycles. The van der Waals surface area contributed by atoms with E-state index in [1.54, 1.807) is 7.11 Å². The van der Waals surface area contributed by atoms with Crippen LogP contribution in [0.2, 0.25) is 0 Å². The van der Waals surface area contributed by atoms with Crippen molar-refractivity contribution < 1.29 is 19.0 Å². The topological polar surface area (TPSA) is 68.8 Å². The van der Waals surface area contributed by atoms with Crippen LogP contribution in [0.4, 0.5) is 0 Å². The summed E-state index contributed by atoms with van der Waals surface area (Å²) < 4.78 is 15.8. The van der Waals surface area contributed by atoms with Crippen LogP contribution in [0.15, 0.2) is 35.5 Å². The lowest BCUT2D eigenvalue weighted by atomic mass is 9.95. The number of thiocarbonyl (C=S) groups is 1. The summed E-state index contributed by atoms with van der Waals surface area (Å²) in [4.78, 5) is 12.5. The maximum absolute atomic E-state index is 12.5. The second-order valence-corrected chi connectivity index (χ2v) is 6.02. The minimum Gasteiger partial charge on any atom is -0.494 e. The van der Waals surface area contributed by atoms with E-state index >= 15 is 0 Å². The van der Waals surface area contributed by atoms with Crippen molar-refractivity contribution in [3.63, 3.8) is 0 Å². The maximum atomic E-state index is 12.5. The molecule has 1 aliphatic heterocycles. The van der Waals surface area contributed by atoms with E-state index in [4.69, 9.17) is 26.4 Å². The molecular weight excluding hydrogens is 340 g/mol. The van der Waals surface area contributed by atoms with Crippen LogP contribution in [-0.2, 0) is 14.3 Å². The predicted molar refractivity (Wildman–Crippen MR) is 99.4 cm³/mol. The molecule has 0 fully saturated rings. The van der Waals surface area contributed by atoms with Gasteiger partial charge in [-0.1, -0.05) is 19.1 Å². The lowest BCUT2D eigenvalue weighted by Gasteiger charge is -2.30. The first-order chi connectivity index (χ1) is 12.1. The van der Waals surface area contributed by atoms with Crippen molar-refractivity contribution >= 4 is 23.3 Å². The van der Waals surface area contributed by atoms with E-state index in [0.717, 1.165) is 17.7 Å². The number of esters is 1. The van der Waals surface area contributed by atoms with Crippen molar-refractivity contribution in [3.8, 4) is 5.75 Å². The zero-order valence-electron chi connectivity index (χ0n) is 14.8. The van der Waals surface area contributed by atoms with Crippen LogP contribution < -0.4 is 15.4 Å². The molecule has 1 heterocycles. The Balaban J connectivity index is 2.21. The van der Waals surface area contributed by atoms with Gasteiger partial charge in [-0.2, -0.15) is 0 Å². The highest BCUT2D eigenvalue weighted by Gasteiger charge is 2.30. The smallest absolute Gasteiger partial charge is 0.338 e. The highest BCUT2D eigenvalue weighted by Crippen LogP contribution is 2.28. The summed E-state index contributed by atoms with van der Waals surface area (Å²) in [5.74, 6) is 0.403. The van der Waals surface area contributed by atoms with E-state index in [2.05, 4.69) is 17.6 Å². The molecule has 2 N–H and O–H groups in total. The van der Waals surface area contributed by atoms with Gasteiger partial charge in [-0.25, -0.2) is 4.79 Å². The molecule has 0 spiro atoms. The molecule has 0 radical (unpaired) electrons. The molecule has 0 unspecified atom stereocenters. The zero-order chi connectivity index (χ0) is 18.2. The molecule has 1 atom stereocenters. The standard InChI is InChI=1S/C18H24N2O4S/c1-4-9-23-14-7-5-13(6-8-14)16-15(12(2)19-18(25)20-16)17(21)24-11-10-22-3/h5-8,16H,4,9-11H2,1-3H3,(H2,19,20,25)/t16-/m1/s1. The molecule has 0 saturated heterocycles. The van der Waals surface area contributed by atoms with E-state index in [0.29, 0.717) is 29.6 Å². The first-order valence-corrected chi connectivity index (χ1v) is 8.64. The van der Waals surface area contributed by atoms with Gasteiger partial charge in [0.1, 0.15) is 12.4 Å². The van der Waals surface area contributed by atoms with Crippen molar-refractivity contribution in [2.75, 3.05) is 26.9 Å². The van der Waals surface area contributed by atoms with Gasteiger partial charge in [0.15, 0.2) is 5.11 Å². The largest absolute Gasteiger partial charge is 0.494 e. The molecule has 25 heavy (non-hydrogen) atoms. The maximum Gasteiger partial charge on any atom is 0.338 e. The van der Waals surface area contributed by atoms with E-state index in [1.807, 2.05) is 31.2 Å². The summed E-state index contributed by atoms with van der Waals surface area (Å²) in [6.07, 6.45) is 0.950.